The van der Waals surface area contributed by atoms with Gasteiger partial charge in [0.05, 0.1) is 13.7 Å². The van der Waals surface area contributed by atoms with Crippen molar-refractivity contribution >= 4 is 58.0 Å². The van der Waals surface area contributed by atoms with Crippen LogP contribution in [0.3, 0.4) is 0 Å². The molecule has 0 fully saturated rings. The Morgan fingerprint density at radius 1 is 0.531 bits per heavy atom. The molecule has 0 heterocycles. The first kappa shape index (κ1) is 33.6. The van der Waals surface area contributed by atoms with Crippen molar-refractivity contribution in [1.82, 2.24) is 0 Å². The second-order valence-electron chi connectivity index (χ2n) is 12.6. The molecular weight excluding hydrogens is 597 g/mol. The van der Waals surface area contributed by atoms with Gasteiger partial charge in [0.15, 0.2) is 0 Å². The molecule has 1 unspecified atom stereocenters. The van der Waals surface area contributed by atoms with E-state index in [0.717, 1.165) is 34.6 Å². The fourth-order valence-electron chi connectivity index (χ4n) is 6.48. The van der Waals surface area contributed by atoms with Gasteiger partial charge < -0.3 is 9.47 Å². The zero-order valence-electron chi connectivity index (χ0n) is 28.9. The molecule has 1 atom stereocenters. The standard InChI is InChI=1S/C47H46O2/c1-4-6-17-35(5-2)34-49-47-33-38(46(48-3)32-39(47)28-26-36-18-9-7-10-19-36)29-31-45-42-24-15-13-22-40(42)44(41-23-14-16-25-43(41)45)30-27-37-20-11-8-12-21-37/h7-16,18-33,35H,4-6,17,34H2,1-3H3/b28-26+,30-27+,31-29+. The highest BCUT2D eigenvalue weighted by Crippen LogP contribution is 2.37. The maximum Gasteiger partial charge on any atom is 0.127 e. The van der Waals surface area contributed by atoms with E-state index in [2.05, 4.69) is 166 Å². The highest BCUT2D eigenvalue weighted by Gasteiger charge is 2.14. The third-order valence-corrected chi connectivity index (χ3v) is 9.32. The van der Waals surface area contributed by atoms with Crippen LogP contribution in [0.1, 0.15) is 72.9 Å². The van der Waals surface area contributed by atoms with Crippen LogP contribution in [0.5, 0.6) is 11.5 Å². The molecule has 2 nitrogen and oxygen atoms in total. The minimum absolute atomic E-state index is 0.527. The van der Waals surface area contributed by atoms with Crippen LogP contribution in [0, 0.1) is 5.92 Å². The third kappa shape index (κ3) is 8.21. The Kier molecular flexibility index (Phi) is 11.4. The lowest BCUT2D eigenvalue weighted by molar-refractivity contribution is 0.232. The van der Waals surface area contributed by atoms with Crippen molar-refractivity contribution in [1.29, 1.82) is 0 Å². The predicted molar refractivity (Wildman–Crippen MR) is 213 cm³/mol. The van der Waals surface area contributed by atoms with Gasteiger partial charge in [-0.2, -0.15) is 0 Å². The highest BCUT2D eigenvalue weighted by molar-refractivity contribution is 6.14. The van der Waals surface area contributed by atoms with Gasteiger partial charge in [-0.3, -0.25) is 0 Å². The first-order valence-corrected chi connectivity index (χ1v) is 17.6. The fraction of sp³-hybridized carbons (Fsp3) is 0.191. The Labute approximate surface area is 292 Å². The minimum atomic E-state index is 0.527. The van der Waals surface area contributed by atoms with E-state index in [1.807, 2.05) is 6.07 Å². The zero-order valence-corrected chi connectivity index (χ0v) is 28.9. The summed E-state index contributed by atoms with van der Waals surface area (Å²) < 4.78 is 12.6. The van der Waals surface area contributed by atoms with Gasteiger partial charge in [-0.05, 0) is 68.3 Å². The van der Waals surface area contributed by atoms with Gasteiger partial charge in [0.1, 0.15) is 11.5 Å². The van der Waals surface area contributed by atoms with E-state index >= 15 is 0 Å². The van der Waals surface area contributed by atoms with Crippen molar-refractivity contribution in [3.8, 4) is 11.5 Å². The van der Waals surface area contributed by atoms with E-state index in [9.17, 15) is 0 Å². The van der Waals surface area contributed by atoms with E-state index in [4.69, 9.17) is 9.47 Å². The summed E-state index contributed by atoms with van der Waals surface area (Å²) >= 11 is 0. The summed E-state index contributed by atoms with van der Waals surface area (Å²) in [5.41, 5.74) is 6.73. The molecule has 0 aliphatic carbocycles. The molecule has 2 heteroatoms. The van der Waals surface area contributed by atoms with Gasteiger partial charge in [0.25, 0.3) is 0 Å². The van der Waals surface area contributed by atoms with Crippen LogP contribution in [0.25, 0.3) is 58.0 Å². The number of hydrogen-bond donors (Lipinski definition) is 0. The van der Waals surface area contributed by atoms with Gasteiger partial charge in [0.2, 0.25) is 0 Å². The van der Waals surface area contributed by atoms with Gasteiger partial charge in [-0.15, -0.1) is 0 Å². The zero-order chi connectivity index (χ0) is 33.8. The Balaban J connectivity index is 1.43. The molecule has 0 saturated heterocycles. The van der Waals surface area contributed by atoms with Crippen LogP contribution < -0.4 is 9.47 Å². The molecule has 246 valence electrons. The average molecular weight is 643 g/mol. The molecule has 0 amide bonds. The summed E-state index contributed by atoms with van der Waals surface area (Å²) in [4.78, 5) is 0. The Bertz CT molecular complexity index is 2010. The number of hydrogen-bond acceptors (Lipinski definition) is 2. The van der Waals surface area contributed by atoms with E-state index in [0.29, 0.717) is 12.5 Å². The molecule has 6 aromatic rings. The molecule has 0 radical (unpaired) electrons. The summed E-state index contributed by atoms with van der Waals surface area (Å²) in [5, 5.41) is 4.88. The summed E-state index contributed by atoms with van der Waals surface area (Å²) in [5.74, 6) is 2.21. The minimum Gasteiger partial charge on any atom is -0.496 e. The quantitative estimate of drug-likeness (QED) is 0.0869. The van der Waals surface area contributed by atoms with Crippen LogP contribution >= 0.6 is 0 Å². The van der Waals surface area contributed by atoms with Gasteiger partial charge in [-0.1, -0.05) is 179 Å². The molecule has 0 aromatic heterocycles. The number of unbranched alkanes of at least 4 members (excludes halogenated alkanes) is 1. The first-order chi connectivity index (χ1) is 24.2. The Morgan fingerprint density at radius 3 is 1.49 bits per heavy atom. The number of fused-ring (bicyclic) bond motifs is 2. The topological polar surface area (TPSA) is 18.5 Å². The van der Waals surface area contributed by atoms with Crippen molar-refractivity contribution in [2.24, 2.45) is 5.92 Å². The Hall–Kier alpha value is -5.34. The maximum atomic E-state index is 6.64. The average Bonchev–Trinajstić information content (AvgIpc) is 3.16. The smallest absolute Gasteiger partial charge is 0.127 e. The summed E-state index contributed by atoms with van der Waals surface area (Å²) in [6.45, 7) is 5.22. The van der Waals surface area contributed by atoms with Crippen molar-refractivity contribution < 1.29 is 9.47 Å². The summed E-state index contributed by atoms with van der Waals surface area (Å²) in [6, 6.07) is 42.5. The normalized spacial score (nSPS) is 12.5. The molecule has 0 bridgehead atoms. The monoisotopic (exact) mass is 642 g/mol. The molecule has 0 spiro atoms. The van der Waals surface area contributed by atoms with Crippen LogP contribution in [-0.4, -0.2) is 13.7 Å². The number of ether oxygens (including phenoxy) is 2. The van der Waals surface area contributed by atoms with E-state index in [1.165, 1.54) is 57.5 Å². The molecule has 0 N–H and O–H groups in total. The third-order valence-electron chi connectivity index (χ3n) is 9.32. The van der Waals surface area contributed by atoms with Gasteiger partial charge >= 0.3 is 0 Å². The predicted octanol–water partition coefficient (Wildman–Crippen LogP) is 13.1. The van der Waals surface area contributed by atoms with Crippen molar-refractivity contribution in [3.63, 3.8) is 0 Å². The number of rotatable bonds is 14. The molecule has 0 aliphatic rings. The van der Waals surface area contributed by atoms with Crippen molar-refractivity contribution in [2.75, 3.05) is 13.7 Å². The number of methoxy groups -OCH3 is 1. The van der Waals surface area contributed by atoms with Crippen molar-refractivity contribution in [3.05, 3.63) is 155 Å². The lowest BCUT2D eigenvalue weighted by atomic mass is 9.90. The molecule has 0 saturated carbocycles. The highest BCUT2D eigenvalue weighted by atomic mass is 16.5. The molecule has 49 heavy (non-hydrogen) atoms. The van der Waals surface area contributed by atoms with E-state index in [1.54, 1.807) is 7.11 Å². The molecule has 0 aliphatic heterocycles. The van der Waals surface area contributed by atoms with E-state index in [-0.39, 0.29) is 0 Å². The molecule has 6 aromatic carbocycles. The Morgan fingerprint density at radius 2 is 0.980 bits per heavy atom. The van der Waals surface area contributed by atoms with Crippen LogP contribution in [0.15, 0.2) is 121 Å². The van der Waals surface area contributed by atoms with Crippen molar-refractivity contribution in [2.45, 2.75) is 39.5 Å². The summed E-state index contributed by atoms with van der Waals surface area (Å²) in [7, 11) is 1.74. The molecular formula is C47H46O2. The largest absolute Gasteiger partial charge is 0.496 e. The second-order valence-corrected chi connectivity index (χ2v) is 12.6. The summed E-state index contributed by atoms with van der Waals surface area (Å²) in [6.07, 6.45) is 17.9. The van der Waals surface area contributed by atoms with Crippen LogP contribution in [-0.2, 0) is 0 Å². The first-order valence-electron chi connectivity index (χ1n) is 17.6. The number of benzene rings is 6. The molecule has 6 rings (SSSR count). The lowest BCUT2D eigenvalue weighted by Crippen LogP contribution is -2.12. The van der Waals surface area contributed by atoms with Crippen LogP contribution in [0.2, 0.25) is 0 Å². The maximum absolute atomic E-state index is 6.64. The van der Waals surface area contributed by atoms with Crippen LogP contribution in [0.4, 0.5) is 0 Å². The van der Waals surface area contributed by atoms with Gasteiger partial charge in [-0.25, -0.2) is 0 Å². The van der Waals surface area contributed by atoms with Gasteiger partial charge in [0, 0.05) is 11.1 Å². The lowest BCUT2D eigenvalue weighted by Gasteiger charge is -2.18. The van der Waals surface area contributed by atoms with E-state index < -0.39 is 0 Å². The fourth-order valence-corrected chi connectivity index (χ4v) is 6.48. The SMILES string of the molecule is CCCCC(CC)COc1cc(/C=C/c2c3ccccc3c(/C=C/c3ccccc3)c3ccccc23)c(OC)cc1/C=C/c1ccccc1. The second kappa shape index (κ2) is 16.7.